The van der Waals surface area contributed by atoms with Crippen LogP contribution in [0.3, 0.4) is 0 Å². The first-order valence-corrected chi connectivity index (χ1v) is 8.18. The Hall–Kier alpha value is -2.49. The van der Waals surface area contributed by atoms with Crippen molar-refractivity contribution in [3.05, 3.63) is 54.1 Å². The number of ether oxygens (including phenoxy) is 1. The van der Waals surface area contributed by atoms with E-state index in [1.807, 2.05) is 42.5 Å². The van der Waals surface area contributed by atoms with Crippen molar-refractivity contribution in [3.63, 3.8) is 0 Å². The summed E-state index contributed by atoms with van der Waals surface area (Å²) >= 11 is 0. The molecular weight excluding hydrogens is 300 g/mol. The van der Waals surface area contributed by atoms with Crippen LogP contribution in [-0.4, -0.2) is 19.6 Å². The van der Waals surface area contributed by atoms with Gasteiger partial charge in [0.1, 0.15) is 5.75 Å². The molecule has 0 saturated heterocycles. The number of nitrogens with one attached hydrogen (secondary N) is 2. The van der Waals surface area contributed by atoms with Crippen molar-refractivity contribution in [2.75, 3.05) is 24.3 Å². The molecule has 0 radical (unpaired) electrons. The number of carbonyl (C=O) groups excluding carboxylic acids is 1. The van der Waals surface area contributed by atoms with Crippen molar-refractivity contribution in [1.29, 1.82) is 0 Å². The van der Waals surface area contributed by atoms with Crippen LogP contribution in [-0.2, 0) is 10.2 Å². The van der Waals surface area contributed by atoms with Crippen LogP contribution < -0.4 is 15.4 Å². The van der Waals surface area contributed by atoms with Crippen molar-refractivity contribution >= 4 is 17.3 Å². The smallest absolute Gasteiger partial charge is 0.226 e. The van der Waals surface area contributed by atoms with Gasteiger partial charge in [0.05, 0.1) is 12.8 Å². The highest BCUT2D eigenvalue weighted by atomic mass is 16.5. The van der Waals surface area contributed by atoms with E-state index in [1.54, 1.807) is 7.11 Å². The summed E-state index contributed by atoms with van der Waals surface area (Å²) in [6.45, 7) is 6.97. The summed E-state index contributed by atoms with van der Waals surface area (Å²) in [4.78, 5) is 12.3. The van der Waals surface area contributed by atoms with E-state index in [9.17, 15) is 4.79 Å². The predicted molar refractivity (Wildman–Crippen MR) is 99.9 cm³/mol. The number of methoxy groups -OCH3 is 1. The molecule has 2 aromatic rings. The zero-order valence-electron chi connectivity index (χ0n) is 14.8. The van der Waals surface area contributed by atoms with Gasteiger partial charge >= 0.3 is 0 Å². The minimum absolute atomic E-state index is 0.00546. The summed E-state index contributed by atoms with van der Waals surface area (Å²) < 4.78 is 5.29. The summed E-state index contributed by atoms with van der Waals surface area (Å²) in [5.74, 6) is 0.769. The van der Waals surface area contributed by atoms with Gasteiger partial charge in [-0.05, 0) is 29.2 Å². The number of anilines is 2. The van der Waals surface area contributed by atoms with Crippen LogP contribution in [0, 0.1) is 0 Å². The lowest BCUT2D eigenvalue weighted by molar-refractivity contribution is -0.115. The average molecular weight is 326 g/mol. The Bertz CT molecular complexity index is 690. The van der Waals surface area contributed by atoms with Gasteiger partial charge in [-0.1, -0.05) is 51.1 Å². The first kappa shape index (κ1) is 17.9. The maximum Gasteiger partial charge on any atom is 0.226 e. The molecule has 0 heterocycles. The van der Waals surface area contributed by atoms with E-state index >= 15 is 0 Å². The van der Waals surface area contributed by atoms with Crippen LogP contribution in [0.15, 0.2) is 48.5 Å². The number of benzene rings is 2. The summed E-state index contributed by atoms with van der Waals surface area (Å²) in [6, 6.07) is 15.6. The van der Waals surface area contributed by atoms with E-state index in [4.69, 9.17) is 4.74 Å². The average Bonchev–Trinajstić information content (AvgIpc) is 2.55. The maximum atomic E-state index is 12.3. The SMILES string of the molecule is COc1ccccc1NCCC(=O)Nc1ccccc1C(C)(C)C. The fourth-order valence-electron chi connectivity index (χ4n) is 2.56. The quantitative estimate of drug-likeness (QED) is 0.825. The van der Waals surface area contributed by atoms with Crippen LogP contribution in [0.2, 0.25) is 0 Å². The normalized spacial score (nSPS) is 11.0. The Labute approximate surface area is 144 Å². The van der Waals surface area contributed by atoms with Gasteiger partial charge in [0.15, 0.2) is 0 Å². The highest BCUT2D eigenvalue weighted by molar-refractivity contribution is 5.92. The molecule has 0 aliphatic rings. The van der Waals surface area contributed by atoms with Crippen molar-refractivity contribution in [1.82, 2.24) is 0 Å². The summed E-state index contributed by atoms with van der Waals surface area (Å²) in [5.41, 5.74) is 2.89. The number of carbonyl (C=O) groups is 1. The Kier molecular flexibility index (Phi) is 5.85. The molecule has 128 valence electrons. The van der Waals surface area contributed by atoms with Gasteiger partial charge < -0.3 is 15.4 Å². The lowest BCUT2D eigenvalue weighted by atomic mass is 9.86. The first-order chi connectivity index (χ1) is 11.4. The Balaban J connectivity index is 1.93. The van der Waals surface area contributed by atoms with Crippen molar-refractivity contribution in [2.45, 2.75) is 32.6 Å². The van der Waals surface area contributed by atoms with Gasteiger partial charge in [-0.25, -0.2) is 0 Å². The number of hydrogen-bond acceptors (Lipinski definition) is 3. The monoisotopic (exact) mass is 326 g/mol. The lowest BCUT2D eigenvalue weighted by Crippen LogP contribution is -2.20. The molecule has 0 bridgehead atoms. The molecule has 0 fully saturated rings. The molecule has 2 rings (SSSR count). The minimum atomic E-state index is -0.0144. The molecular formula is C20H26N2O2. The Morgan fingerprint density at radius 3 is 2.29 bits per heavy atom. The van der Waals surface area contributed by atoms with Crippen LogP contribution in [0.4, 0.5) is 11.4 Å². The number of amides is 1. The van der Waals surface area contributed by atoms with Crippen LogP contribution in [0.1, 0.15) is 32.8 Å². The molecule has 0 aliphatic carbocycles. The minimum Gasteiger partial charge on any atom is -0.495 e. The molecule has 0 aliphatic heterocycles. The number of rotatable bonds is 6. The topological polar surface area (TPSA) is 50.4 Å². The van der Waals surface area contributed by atoms with Gasteiger partial charge in [0.25, 0.3) is 0 Å². The highest BCUT2D eigenvalue weighted by Gasteiger charge is 2.18. The summed E-state index contributed by atoms with van der Waals surface area (Å²) in [7, 11) is 1.64. The fraction of sp³-hybridized carbons (Fsp3) is 0.350. The second-order valence-electron chi connectivity index (χ2n) is 6.72. The van der Waals surface area contributed by atoms with Crippen molar-refractivity contribution < 1.29 is 9.53 Å². The van der Waals surface area contributed by atoms with E-state index in [0.29, 0.717) is 13.0 Å². The van der Waals surface area contributed by atoms with Gasteiger partial charge in [0, 0.05) is 18.7 Å². The Morgan fingerprint density at radius 2 is 1.62 bits per heavy atom. The third-order valence-corrected chi connectivity index (χ3v) is 3.78. The fourth-order valence-corrected chi connectivity index (χ4v) is 2.56. The first-order valence-electron chi connectivity index (χ1n) is 8.18. The maximum absolute atomic E-state index is 12.3. The van der Waals surface area contributed by atoms with Gasteiger partial charge in [-0.3, -0.25) is 4.79 Å². The summed E-state index contributed by atoms with van der Waals surface area (Å²) in [5, 5.41) is 6.26. The molecule has 4 nitrogen and oxygen atoms in total. The largest absolute Gasteiger partial charge is 0.495 e. The van der Waals surface area contributed by atoms with E-state index < -0.39 is 0 Å². The number of hydrogen-bond donors (Lipinski definition) is 2. The molecule has 2 N–H and O–H groups in total. The molecule has 0 atom stereocenters. The molecule has 4 heteroatoms. The molecule has 0 saturated carbocycles. The van der Waals surface area contributed by atoms with Gasteiger partial charge in [0.2, 0.25) is 5.91 Å². The molecule has 24 heavy (non-hydrogen) atoms. The van der Waals surface area contributed by atoms with E-state index in [2.05, 4.69) is 37.5 Å². The summed E-state index contributed by atoms with van der Waals surface area (Å²) in [6.07, 6.45) is 0.385. The van der Waals surface area contributed by atoms with Crippen LogP contribution >= 0.6 is 0 Å². The second-order valence-corrected chi connectivity index (χ2v) is 6.72. The van der Waals surface area contributed by atoms with Crippen LogP contribution in [0.5, 0.6) is 5.75 Å². The predicted octanol–water partition coefficient (Wildman–Crippen LogP) is 4.43. The van der Waals surface area contributed by atoms with Crippen molar-refractivity contribution in [3.8, 4) is 5.75 Å². The van der Waals surface area contributed by atoms with Crippen LogP contribution in [0.25, 0.3) is 0 Å². The molecule has 0 spiro atoms. The molecule has 2 aromatic carbocycles. The van der Waals surface area contributed by atoms with Crippen molar-refractivity contribution in [2.24, 2.45) is 0 Å². The lowest BCUT2D eigenvalue weighted by Gasteiger charge is -2.23. The second kappa shape index (κ2) is 7.86. The highest BCUT2D eigenvalue weighted by Crippen LogP contribution is 2.29. The third-order valence-electron chi connectivity index (χ3n) is 3.78. The third kappa shape index (κ3) is 4.75. The molecule has 0 unspecified atom stereocenters. The molecule has 1 amide bonds. The van der Waals surface area contributed by atoms with Gasteiger partial charge in [-0.2, -0.15) is 0 Å². The van der Waals surface area contributed by atoms with E-state index in [1.165, 1.54) is 0 Å². The standard InChI is InChI=1S/C20H26N2O2/c1-20(2,3)15-9-5-6-10-16(15)22-19(23)13-14-21-17-11-7-8-12-18(17)24-4/h5-12,21H,13-14H2,1-4H3,(H,22,23). The van der Waals surface area contributed by atoms with Gasteiger partial charge in [-0.15, -0.1) is 0 Å². The zero-order valence-corrected chi connectivity index (χ0v) is 14.8. The van der Waals surface area contributed by atoms with E-state index in [-0.39, 0.29) is 11.3 Å². The number of para-hydroxylation sites is 3. The van der Waals surface area contributed by atoms with E-state index in [0.717, 1.165) is 22.7 Å². The Morgan fingerprint density at radius 1 is 1.00 bits per heavy atom. The zero-order chi connectivity index (χ0) is 17.6. The molecule has 0 aromatic heterocycles.